The molecule has 1 unspecified atom stereocenters. The Morgan fingerprint density at radius 1 is 1.48 bits per heavy atom. The molecule has 0 radical (unpaired) electrons. The van der Waals surface area contributed by atoms with E-state index in [1.165, 1.54) is 23.2 Å². The Morgan fingerprint density at radius 3 is 2.81 bits per heavy atom. The third-order valence-corrected chi connectivity index (χ3v) is 6.95. The minimum absolute atomic E-state index is 0.0418. The van der Waals surface area contributed by atoms with Gasteiger partial charge in [0.15, 0.2) is 0 Å². The number of methoxy groups -OCH3 is 1. The largest absolute Gasteiger partial charge is 0.480 e. The number of carbonyl (C=O) groups excluding carboxylic acids is 1. The molecule has 2 rings (SSSR count). The van der Waals surface area contributed by atoms with Crippen LogP contribution >= 0.6 is 23.1 Å². The molecule has 1 aromatic heterocycles. The van der Waals surface area contributed by atoms with E-state index in [0.29, 0.717) is 5.75 Å². The Balaban J connectivity index is 2.44. The number of rotatable bonds is 4. The normalized spacial score (nSPS) is 20.1. The fraction of sp³-hybridized carbons (Fsp3) is 0.455. The molecule has 116 valence electrons. The van der Waals surface area contributed by atoms with Gasteiger partial charge < -0.3 is 9.84 Å². The summed E-state index contributed by atoms with van der Waals surface area (Å²) in [5.74, 6) is -1.24. The van der Waals surface area contributed by atoms with Crippen molar-refractivity contribution in [3.63, 3.8) is 0 Å². The van der Waals surface area contributed by atoms with E-state index < -0.39 is 28.0 Å². The van der Waals surface area contributed by atoms with Crippen molar-refractivity contribution in [3.05, 3.63) is 16.3 Å². The van der Waals surface area contributed by atoms with Crippen LogP contribution in [0.2, 0.25) is 0 Å². The van der Waals surface area contributed by atoms with E-state index in [9.17, 15) is 23.1 Å². The number of sulfonamides is 1. The highest BCUT2D eigenvalue weighted by Crippen LogP contribution is 2.29. The minimum atomic E-state index is -4.05. The lowest BCUT2D eigenvalue weighted by atomic mass is 10.3. The summed E-state index contributed by atoms with van der Waals surface area (Å²) in [6, 6.07) is 0.173. The molecule has 0 spiro atoms. The molecule has 1 fully saturated rings. The van der Waals surface area contributed by atoms with E-state index >= 15 is 0 Å². The van der Waals surface area contributed by atoms with Gasteiger partial charge in [-0.25, -0.2) is 13.2 Å². The summed E-state index contributed by atoms with van der Waals surface area (Å²) >= 11 is 2.34. The van der Waals surface area contributed by atoms with Crippen LogP contribution in [-0.2, 0) is 19.6 Å². The van der Waals surface area contributed by atoms with Crippen molar-refractivity contribution in [3.8, 4) is 0 Å². The molecular formula is C11H13NO6S3. The molecule has 0 aromatic carbocycles. The van der Waals surface area contributed by atoms with Crippen molar-refractivity contribution < 1.29 is 27.9 Å². The number of thiophene rings is 1. The Hall–Kier alpha value is -1.10. The van der Waals surface area contributed by atoms with Gasteiger partial charge in [-0.15, -0.1) is 11.3 Å². The maximum atomic E-state index is 12.7. The van der Waals surface area contributed by atoms with Gasteiger partial charge in [0, 0.05) is 18.1 Å². The quantitative estimate of drug-likeness (QED) is 0.798. The van der Waals surface area contributed by atoms with E-state index in [2.05, 4.69) is 4.74 Å². The number of esters is 1. The molecule has 1 aliphatic rings. The van der Waals surface area contributed by atoms with Gasteiger partial charge in [0.25, 0.3) is 0 Å². The first kappa shape index (κ1) is 16.3. The molecule has 1 N–H and O–H groups in total. The lowest BCUT2D eigenvalue weighted by Gasteiger charge is -2.31. The number of carboxylic acids is 1. The van der Waals surface area contributed by atoms with Crippen molar-refractivity contribution in [2.24, 2.45) is 0 Å². The van der Waals surface area contributed by atoms with Gasteiger partial charge in [0.1, 0.15) is 15.8 Å². The molecule has 0 saturated carbocycles. The predicted molar refractivity (Wildman–Crippen MR) is 78.3 cm³/mol. The lowest BCUT2D eigenvalue weighted by molar-refractivity contribution is -0.140. The number of aliphatic carboxylic acids is 1. The second kappa shape index (κ2) is 6.34. The number of nitrogens with zero attached hydrogens (tertiary/aromatic N) is 1. The second-order valence-corrected chi connectivity index (χ2v) is 8.08. The number of hydrogen-bond acceptors (Lipinski definition) is 7. The Kier molecular flexibility index (Phi) is 4.91. The molecule has 10 heteroatoms. The van der Waals surface area contributed by atoms with Crippen LogP contribution in [0.15, 0.2) is 16.3 Å². The van der Waals surface area contributed by atoms with Crippen LogP contribution in [0.5, 0.6) is 0 Å². The minimum Gasteiger partial charge on any atom is -0.480 e. The molecule has 7 nitrogen and oxygen atoms in total. The molecule has 0 amide bonds. The van der Waals surface area contributed by atoms with Crippen molar-refractivity contribution in [2.75, 3.05) is 25.2 Å². The molecule has 1 aliphatic heterocycles. The van der Waals surface area contributed by atoms with Gasteiger partial charge in [0.05, 0.1) is 7.11 Å². The number of hydrogen-bond donors (Lipinski definition) is 1. The smallest absolute Gasteiger partial charge is 0.349 e. The molecular weight excluding hydrogens is 338 g/mol. The fourth-order valence-corrected chi connectivity index (χ4v) is 6.08. The van der Waals surface area contributed by atoms with Gasteiger partial charge in [-0.05, 0) is 11.4 Å². The summed E-state index contributed by atoms with van der Waals surface area (Å²) < 4.78 is 30.8. The number of ether oxygens (including phenoxy) is 1. The first-order valence-electron chi connectivity index (χ1n) is 5.87. The first-order valence-corrected chi connectivity index (χ1v) is 9.35. The molecule has 21 heavy (non-hydrogen) atoms. The third-order valence-electron chi connectivity index (χ3n) is 2.95. The van der Waals surface area contributed by atoms with Crippen molar-refractivity contribution >= 4 is 45.1 Å². The molecule has 0 aliphatic carbocycles. The summed E-state index contributed by atoms with van der Waals surface area (Å²) in [7, 11) is -2.89. The monoisotopic (exact) mass is 351 g/mol. The summed E-state index contributed by atoms with van der Waals surface area (Å²) in [6.07, 6.45) is 0. The Bertz CT molecular complexity index is 653. The van der Waals surface area contributed by atoms with Crippen LogP contribution in [0.1, 0.15) is 9.67 Å². The Labute approximate surface area is 129 Å². The average molecular weight is 351 g/mol. The first-order chi connectivity index (χ1) is 9.89. The summed E-state index contributed by atoms with van der Waals surface area (Å²) in [4.78, 5) is 22.6. The van der Waals surface area contributed by atoms with E-state index in [1.54, 1.807) is 0 Å². The maximum absolute atomic E-state index is 12.7. The van der Waals surface area contributed by atoms with Crippen molar-refractivity contribution in [2.45, 2.75) is 10.9 Å². The van der Waals surface area contributed by atoms with Gasteiger partial charge in [0.2, 0.25) is 10.0 Å². The summed E-state index contributed by atoms with van der Waals surface area (Å²) in [6.45, 7) is 0.0976. The maximum Gasteiger partial charge on any atom is 0.349 e. The second-order valence-electron chi connectivity index (χ2n) is 4.15. The lowest BCUT2D eigenvalue weighted by Crippen LogP contribution is -2.50. The van der Waals surface area contributed by atoms with E-state index in [0.717, 1.165) is 22.8 Å². The van der Waals surface area contributed by atoms with E-state index in [1.807, 2.05) is 0 Å². The average Bonchev–Trinajstić information content (AvgIpc) is 2.96. The summed E-state index contributed by atoms with van der Waals surface area (Å²) in [5, 5.41) is 10.7. The van der Waals surface area contributed by atoms with E-state index in [-0.39, 0.29) is 22.1 Å². The van der Waals surface area contributed by atoms with Gasteiger partial charge in [-0.1, -0.05) is 0 Å². The van der Waals surface area contributed by atoms with Crippen LogP contribution < -0.4 is 0 Å². The third kappa shape index (κ3) is 3.07. The number of thioether (sulfide) groups is 1. The summed E-state index contributed by atoms with van der Waals surface area (Å²) in [5.41, 5.74) is 0. The van der Waals surface area contributed by atoms with Gasteiger partial charge in [-0.3, -0.25) is 4.79 Å². The van der Waals surface area contributed by atoms with Crippen LogP contribution in [-0.4, -0.2) is 61.0 Å². The highest BCUT2D eigenvalue weighted by molar-refractivity contribution is 7.99. The highest BCUT2D eigenvalue weighted by atomic mass is 32.2. The molecule has 2 heterocycles. The molecule has 1 aromatic rings. The zero-order valence-electron chi connectivity index (χ0n) is 11.0. The standard InChI is InChI=1S/C11H13NO6S3/c1-18-11(15)9-8(2-4-20-9)21(16,17)12-3-5-19-6-7(12)10(13)14/h2,4,7H,3,5-6H2,1H3,(H,13,14). The van der Waals surface area contributed by atoms with Crippen LogP contribution in [0.25, 0.3) is 0 Å². The number of carbonyl (C=O) groups is 2. The Morgan fingerprint density at radius 2 is 2.19 bits per heavy atom. The van der Waals surface area contributed by atoms with Crippen LogP contribution in [0.3, 0.4) is 0 Å². The molecule has 1 saturated heterocycles. The molecule has 0 bridgehead atoms. The zero-order chi connectivity index (χ0) is 15.6. The van der Waals surface area contributed by atoms with Crippen LogP contribution in [0.4, 0.5) is 0 Å². The highest BCUT2D eigenvalue weighted by Gasteiger charge is 2.40. The van der Waals surface area contributed by atoms with Crippen molar-refractivity contribution in [1.82, 2.24) is 4.31 Å². The van der Waals surface area contributed by atoms with Gasteiger partial charge in [-0.2, -0.15) is 16.1 Å². The topological polar surface area (TPSA) is 101 Å². The SMILES string of the molecule is COC(=O)c1sccc1S(=O)(=O)N1CCSCC1C(=O)O. The van der Waals surface area contributed by atoms with Crippen molar-refractivity contribution in [1.29, 1.82) is 0 Å². The predicted octanol–water partition coefficient (Wildman–Crippen LogP) is 0.725. The fourth-order valence-electron chi connectivity index (χ4n) is 1.94. The van der Waals surface area contributed by atoms with E-state index in [4.69, 9.17) is 0 Å². The van der Waals surface area contributed by atoms with Gasteiger partial charge >= 0.3 is 11.9 Å². The zero-order valence-corrected chi connectivity index (χ0v) is 13.5. The molecule has 1 atom stereocenters. The number of carboxylic acid groups (broad SMARTS) is 1. The van der Waals surface area contributed by atoms with Crippen LogP contribution in [0, 0.1) is 0 Å².